The van der Waals surface area contributed by atoms with E-state index >= 15 is 0 Å². The first-order valence-corrected chi connectivity index (χ1v) is 6.82. The van der Waals surface area contributed by atoms with Gasteiger partial charge in [0.25, 0.3) is 0 Å². The largest absolute Gasteiger partial charge is 0.469 e. The summed E-state index contributed by atoms with van der Waals surface area (Å²) in [4.78, 5) is 29.5. The number of methoxy groups -OCH3 is 2. The highest BCUT2D eigenvalue weighted by Crippen LogP contribution is 2.44. The quantitative estimate of drug-likeness (QED) is 0.629. The van der Waals surface area contributed by atoms with Crippen LogP contribution in [0.4, 0.5) is 0 Å². The molecule has 0 saturated carbocycles. The normalized spacial score (nSPS) is 40.7. The lowest BCUT2D eigenvalue weighted by atomic mass is 9.91. The zero-order chi connectivity index (χ0) is 15.4. The first-order chi connectivity index (χ1) is 9.88. The molecule has 8 nitrogen and oxygen atoms in total. The highest BCUT2D eigenvalue weighted by atomic mass is 16.8. The van der Waals surface area contributed by atoms with E-state index in [0.717, 1.165) is 0 Å². The molecule has 3 heterocycles. The van der Waals surface area contributed by atoms with Gasteiger partial charge in [-0.3, -0.25) is 9.63 Å². The number of fused-ring (bicyclic) bond motifs is 3. The van der Waals surface area contributed by atoms with E-state index in [-0.39, 0.29) is 12.2 Å². The second-order valence-corrected chi connectivity index (χ2v) is 5.83. The Bertz CT molecular complexity index is 465. The van der Waals surface area contributed by atoms with Crippen LogP contribution in [-0.4, -0.2) is 67.9 Å². The fourth-order valence-electron chi connectivity index (χ4n) is 3.35. The van der Waals surface area contributed by atoms with Crippen molar-refractivity contribution in [2.45, 2.75) is 44.0 Å². The number of hydroxylamine groups is 2. The van der Waals surface area contributed by atoms with Gasteiger partial charge in [0.2, 0.25) is 0 Å². The van der Waals surface area contributed by atoms with Gasteiger partial charge >= 0.3 is 11.9 Å². The zero-order valence-electron chi connectivity index (χ0n) is 12.4. The van der Waals surface area contributed by atoms with E-state index in [4.69, 9.17) is 23.8 Å². The molecule has 3 aliphatic heterocycles. The molecule has 0 aromatic carbocycles. The van der Waals surface area contributed by atoms with E-state index in [1.54, 1.807) is 5.06 Å². The predicted molar refractivity (Wildman–Crippen MR) is 66.7 cm³/mol. The van der Waals surface area contributed by atoms with Crippen molar-refractivity contribution in [3.8, 4) is 0 Å². The number of carbonyl (C=O) groups excluding carboxylic acids is 2. The van der Waals surface area contributed by atoms with Crippen LogP contribution in [0.25, 0.3) is 0 Å². The molecule has 0 bridgehead atoms. The van der Waals surface area contributed by atoms with Crippen molar-refractivity contribution in [1.82, 2.24) is 5.06 Å². The zero-order valence-corrected chi connectivity index (χ0v) is 12.4. The Kier molecular flexibility index (Phi) is 3.44. The highest BCUT2D eigenvalue weighted by molar-refractivity contribution is 5.85. The molecule has 3 rings (SSSR count). The van der Waals surface area contributed by atoms with Crippen LogP contribution in [0.3, 0.4) is 0 Å². The SMILES string of the molecule is COC(=O)[C@@H]1[C@@H]2[C@H]3OC(C)(C)O[C@@H]3CN2O[C@@H]1C(=O)OC. The van der Waals surface area contributed by atoms with Crippen molar-refractivity contribution in [2.75, 3.05) is 20.8 Å². The maximum absolute atomic E-state index is 12.1. The van der Waals surface area contributed by atoms with Crippen LogP contribution in [-0.2, 0) is 33.4 Å². The summed E-state index contributed by atoms with van der Waals surface area (Å²) in [5, 5.41) is 1.58. The topological polar surface area (TPSA) is 83.5 Å². The Balaban J connectivity index is 1.88. The minimum atomic E-state index is -1.01. The number of nitrogens with zero attached hydrogens (tertiary/aromatic N) is 1. The van der Waals surface area contributed by atoms with Crippen LogP contribution in [0, 0.1) is 5.92 Å². The lowest BCUT2D eigenvalue weighted by Crippen LogP contribution is -2.44. The molecule has 0 aromatic rings. The summed E-state index contributed by atoms with van der Waals surface area (Å²) in [6, 6.07) is -0.423. The van der Waals surface area contributed by atoms with Crippen molar-refractivity contribution in [3.63, 3.8) is 0 Å². The molecule has 3 fully saturated rings. The monoisotopic (exact) mass is 301 g/mol. The highest BCUT2D eigenvalue weighted by Gasteiger charge is 2.64. The Morgan fingerprint density at radius 2 is 1.81 bits per heavy atom. The third-order valence-electron chi connectivity index (χ3n) is 4.10. The summed E-state index contributed by atoms with van der Waals surface area (Å²) in [5.74, 6) is -2.64. The van der Waals surface area contributed by atoms with Crippen LogP contribution in [0.15, 0.2) is 0 Å². The van der Waals surface area contributed by atoms with E-state index in [2.05, 4.69) is 0 Å². The van der Waals surface area contributed by atoms with E-state index in [1.165, 1.54) is 14.2 Å². The van der Waals surface area contributed by atoms with Gasteiger partial charge in [0, 0.05) is 0 Å². The number of rotatable bonds is 2. The first-order valence-electron chi connectivity index (χ1n) is 6.82. The maximum atomic E-state index is 12.1. The molecular formula is C13H19NO7. The predicted octanol–water partition coefficient (Wildman–Crippen LogP) is -0.533. The van der Waals surface area contributed by atoms with E-state index in [9.17, 15) is 9.59 Å². The summed E-state index contributed by atoms with van der Waals surface area (Å²) < 4.78 is 21.2. The smallest absolute Gasteiger partial charge is 0.338 e. The third-order valence-corrected chi connectivity index (χ3v) is 4.10. The van der Waals surface area contributed by atoms with Gasteiger partial charge in [-0.15, -0.1) is 0 Å². The Labute approximate surface area is 122 Å². The number of hydrogen-bond acceptors (Lipinski definition) is 8. The average Bonchev–Trinajstić information content (AvgIpc) is 3.02. The fraction of sp³-hybridized carbons (Fsp3) is 0.846. The van der Waals surface area contributed by atoms with Gasteiger partial charge in [0.1, 0.15) is 18.1 Å². The molecule has 0 unspecified atom stereocenters. The van der Waals surface area contributed by atoms with E-state index in [1.807, 2.05) is 13.8 Å². The van der Waals surface area contributed by atoms with Crippen molar-refractivity contribution >= 4 is 11.9 Å². The fourth-order valence-corrected chi connectivity index (χ4v) is 3.35. The molecule has 5 atom stereocenters. The van der Waals surface area contributed by atoms with Gasteiger partial charge in [0.05, 0.1) is 26.8 Å². The van der Waals surface area contributed by atoms with Crippen molar-refractivity contribution in [1.29, 1.82) is 0 Å². The maximum Gasteiger partial charge on any atom is 0.338 e. The van der Waals surface area contributed by atoms with Crippen LogP contribution >= 0.6 is 0 Å². The van der Waals surface area contributed by atoms with Crippen LogP contribution in [0.1, 0.15) is 13.8 Å². The first kappa shape index (κ1) is 14.7. The summed E-state index contributed by atoms with van der Waals surface area (Å²) in [6.45, 7) is 4.06. The molecule has 3 saturated heterocycles. The number of esters is 2. The molecule has 0 amide bonds. The number of carbonyl (C=O) groups is 2. The Morgan fingerprint density at radius 3 is 2.43 bits per heavy atom. The second kappa shape index (κ2) is 4.91. The number of hydrogen-bond donors (Lipinski definition) is 0. The van der Waals surface area contributed by atoms with Crippen molar-refractivity contribution in [2.24, 2.45) is 5.92 Å². The van der Waals surface area contributed by atoms with Gasteiger partial charge in [0.15, 0.2) is 11.9 Å². The average molecular weight is 301 g/mol. The van der Waals surface area contributed by atoms with Gasteiger partial charge in [-0.1, -0.05) is 0 Å². The minimum absolute atomic E-state index is 0.198. The summed E-state index contributed by atoms with van der Waals surface area (Å²) in [5.41, 5.74) is 0. The Hall–Kier alpha value is -1.22. The molecule has 0 N–H and O–H groups in total. The molecule has 0 radical (unpaired) electrons. The molecule has 0 spiro atoms. The lowest BCUT2D eigenvalue weighted by Gasteiger charge is -2.24. The molecule has 3 aliphatic rings. The van der Waals surface area contributed by atoms with Crippen molar-refractivity contribution < 1.29 is 33.4 Å². The summed E-state index contributed by atoms with van der Waals surface area (Å²) in [6.07, 6.45) is -1.56. The number of ether oxygens (including phenoxy) is 4. The molecule has 0 aromatic heterocycles. The standard InChI is InChI=1S/C13H19NO7/c1-13(2)19-6-5-14-8(9(6)20-13)7(11(15)17-3)10(21-14)12(16)18-4/h6-10H,5H2,1-4H3/t6-,7-,8-,9+,10+/m1/s1. The van der Waals surface area contributed by atoms with Gasteiger partial charge in [-0.2, -0.15) is 5.06 Å². The molecule has 8 heteroatoms. The third kappa shape index (κ3) is 2.22. The van der Waals surface area contributed by atoms with Crippen LogP contribution < -0.4 is 0 Å². The van der Waals surface area contributed by atoms with E-state index < -0.39 is 35.8 Å². The Morgan fingerprint density at radius 1 is 1.14 bits per heavy atom. The second-order valence-electron chi connectivity index (χ2n) is 5.83. The molecule has 0 aliphatic carbocycles. The van der Waals surface area contributed by atoms with E-state index in [0.29, 0.717) is 6.54 Å². The van der Waals surface area contributed by atoms with Crippen LogP contribution in [0.2, 0.25) is 0 Å². The molecule has 118 valence electrons. The van der Waals surface area contributed by atoms with Gasteiger partial charge in [-0.05, 0) is 13.8 Å². The summed E-state index contributed by atoms with van der Waals surface area (Å²) >= 11 is 0. The minimum Gasteiger partial charge on any atom is -0.469 e. The van der Waals surface area contributed by atoms with Gasteiger partial charge < -0.3 is 18.9 Å². The lowest BCUT2D eigenvalue weighted by molar-refractivity contribution is -0.209. The van der Waals surface area contributed by atoms with Crippen LogP contribution in [0.5, 0.6) is 0 Å². The van der Waals surface area contributed by atoms with Crippen molar-refractivity contribution in [3.05, 3.63) is 0 Å². The molecular weight excluding hydrogens is 282 g/mol. The molecule has 21 heavy (non-hydrogen) atoms. The van der Waals surface area contributed by atoms with Gasteiger partial charge in [-0.25, -0.2) is 4.79 Å². The summed E-state index contributed by atoms with van der Waals surface area (Å²) in [7, 11) is 2.53.